The molecule has 0 aliphatic rings. The number of ether oxygens (including phenoxy) is 1. The van der Waals surface area contributed by atoms with Crippen LogP contribution in [0, 0.1) is 0 Å². The van der Waals surface area contributed by atoms with E-state index in [1.807, 2.05) is 27.7 Å². The molecule has 0 fully saturated rings. The van der Waals surface area contributed by atoms with Crippen LogP contribution in [0.1, 0.15) is 47.5 Å². The van der Waals surface area contributed by atoms with E-state index in [2.05, 4.69) is 10.6 Å². The molecule has 0 radical (unpaired) electrons. The van der Waals surface area contributed by atoms with Gasteiger partial charge in [0.2, 0.25) is 5.91 Å². The first-order valence-electron chi connectivity index (χ1n) is 6.44. The Balaban J connectivity index is 3.71. The van der Waals surface area contributed by atoms with Crippen molar-refractivity contribution in [3.63, 3.8) is 0 Å². The summed E-state index contributed by atoms with van der Waals surface area (Å²) in [5, 5.41) is 6.01. The van der Waals surface area contributed by atoms with E-state index >= 15 is 0 Å². The Morgan fingerprint density at radius 2 is 1.89 bits per heavy atom. The molecular weight excluding hydrogens is 232 g/mol. The molecular formula is C13H26N2O3. The Kier molecular flexibility index (Phi) is 7.59. The van der Waals surface area contributed by atoms with Gasteiger partial charge in [0.1, 0.15) is 0 Å². The zero-order chi connectivity index (χ0) is 14.2. The molecule has 0 aliphatic carbocycles. The second-order valence-electron chi connectivity index (χ2n) is 5.41. The number of nitrogens with one attached hydrogen (secondary N) is 2. The van der Waals surface area contributed by atoms with Gasteiger partial charge in [-0.2, -0.15) is 0 Å². The van der Waals surface area contributed by atoms with Gasteiger partial charge in [0.25, 0.3) is 0 Å². The van der Waals surface area contributed by atoms with Gasteiger partial charge in [-0.25, -0.2) is 0 Å². The predicted molar refractivity (Wildman–Crippen MR) is 71.2 cm³/mol. The highest BCUT2D eigenvalue weighted by atomic mass is 16.5. The number of hydrogen-bond donors (Lipinski definition) is 2. The van der Waals surface area contributed by atoms with Crippen LogP contribution in [-0.4, -0.2) is 36.6 Å². The van der Waals surface area contributed by atoms with Crippen molar-refractivity contribution in [1.29, 1.82) is 0 Å². The van der Waals surface area contributed by atoms with Gasteiger partial charge < -0.3 is 15.4 Å². The van der Waals surface area contributed by atoms with Crippen molar-refractivity contribution in [2.45, 2.75) is 59.0 Å². The summed E-state index contributed by atoms with van der Waals surface area (Å²) in [7, 11) is 0. The fourth-order valence-electron chi connectivity index (χ4n) is 1.45. The van der Waals surface area contributed by atoms with E-state index in [9.17, 15) is 9.59 Å². The lowest BCUT2D eigenvalue weighted by molar-refractivity contribution is -0.143. The molecule has 1 unspecified atom stereocenters. The first kappa shape index (κ1) is 16.9. The van der Waals surface area contributed by atoms with Crippen molar-refractivity contribution in [2.24, 2.45) is 0 Å². The number of hydrogen-bond acceptors (Lipinski definition) is 4. The fourth-order valence-corrected chi connectivity index (χ4v) is 1.45. The minimum absolute atomic E-state index is 0.0123. The first-order valence-corrected chi connectivity index (χ1v) is 6.44. The number of esters is 1. The summed E-state index contributed by atoms with van der Waals surface area (Å²) >= 11 is 0. The summed E-state index contributed by atoms with van der Waals surface area (Å²) < 4.78 is 4.85. The third kappa shape index (κ3) is 10.1. The van der Waals surface area contributed by atoms with Crippen LogP contribution in [-0.2, 0) is 14.3 Å². The molecule has 18 heavy (non-hydrogen) atoms. The minimum atomic E-state index is -0.211. The lowest BCUT2D eigenvalue weighted by atomic mass is 10.1. The van der Waals surface area contributed by atoms with Crippen LogP contribution in [0.4, 0.5) is 0 Å². The molecule has 5 heteroatoms. The maximum atomic E-state index is 11.5. The van der Waals surface area contributed by atoms with E-state index in [1.54, 1.807) is 6.92 Å². The molecule has 1 amide bonds. The third-order valence-corrected chi connectivity index (χ3v) is 2.14. The molecule has 0 spiro atoms. The standard InChI is InChI=1S/C13H26N2O3/c1-6-18-12(17)9-10(2)14-8-7-11(16)15-13(3,4)5/h10,14H,6-9H2,1-5H3,(H,15,16). The van der Waals surface area contributed by atoms with Gasteiger partial charge in [0, 0.05) is 24.5 Å². The molecule has 106 valence electrons. The third-order valence-electron chi connectivity index (χ3n) is 2.14. The molecule has 0 aliphatic heterocycles. The average Bonchev–Trinajstić information content (AvgIpc) is 2.14. The monoisotopic (exact) mass is 258 g/mol. The highest BCUT2D eigenvalue weighted by Crippen LogP contribution is 1.99. The van der Waals surface area contributed by atoms with Crippen LogP contribution in [0.5, 0.6) is 0 Å². The second-order valence-corrected chi connectivity index (χ2v) is 5.41. The van der Waals surface area contributed by atoms with Gasteiger partial charge in [0.15, 0.2) is 0 Å². The van der Waals surface area contributed by atoms with Crippen molar-refractivity contribution in [1.82, 2.24) is 10.6 Å². The summed E-state index contributed by atoms with van der Waals surface area (Å²) in [4.78, 5) is 22.7. The van der Waals surface area contributed by atoms with E-state index in [0.717, 1.165) is 0 Å². The van der Waals surface area contributed by atoms with Crippen LogP contribution in [0.25, 0.3) is 0 Å². The summed E-state index contributed by atoms with van der Waals surface area (Å²) in [6.07, 6.45) is 0.735. The number of carbonyl (C=O) groups excluding carboxylic acids is 2. The second kappa shape index (κ2) is 8.08. The number of carbonyl (C=O) groups is 2. The lowest BCUT2D eigenvalue weighted by Gasteiger charge is -2.21. The Morgan fingerprint density at radius 1 is 1.28 bits per heavy atom. The molecule has 0 heterocycles. The van der Waals surface area contributed by atoms with Gasteiger partial charge in [-0.15, -0.1) is 0 Å². The average molecular weight is 258 g/mol. The van der Waals surface area contributed by atoms with E-state index in [-0.39, 0.29) is 23.5 Å². The molecule has 0 aromatic heterocycles. The maximum Gasteiger partial charge on any atom is 0.307 e. The van der Waals surface area contributed by atoms with Gasteiger partial charge in [0.05, 0.1) is 13.0 Å². The maximum absolute atomic E-state index is 11.5. The Hall–Kier alpha value is -1.10. The SMILES string of the molecule is CCOC(=O)CC(C)NCCC(=O)NC(C)(C)C. The fraction of sp³-hybridized carbons (Fsp3) is 0.846. The summed E-state index contributed by atoms with van der Waals surface area (Å²) in [5.41, 5.74) is -0.201. The summed E-state index contributed by atoms with van der Waals surface area (Å²) in [5.74, 6) is -0.199. The lowest BCUT2D eigenvalue weighted by Crippen LogP contribution is -2.42. The van der Waals surface area contributed by atoms with Gasteiger partial charge >= 0.3 is 5.97 Å². The zero-order valence-electron chi connectivity index (χ0n) is 12.1. The minimum Gasteiger partial charge on any atom is -0.466 e. The molecule has 0 saturated heterocycles. The molecule has 0 rings (SSSR count). The quantitative estimate of drug-likeness (QED) is 0.674. The van der Waals surface area contributed by atoms with Crippen molar-refractivity contribution in [3.8, 4) is 0 Å². The number of rotatable bonds is 7. The molecule has 1 atom stereocenters. The molecule has 0 saturated carbocycles. The predicted octanol–water partition coefficient (Wildman–Crippen LogP) is 1.22. The molecule has 0 aromatic carbocycles. The molecule has 0 bridgehead atoms. The van der Waals surface area contributed by atoms with E-state index in [1.165, 1.54) is 0 Å². The van der Waals surface area contributed by atoms with Crippen molar-refractivity contribution in [2.75, 3.05) is 13.2 Å². The topological polar surface area (TPSA) is 67.4 Å². The molecule has 5 nitrogen and oxygen atoms in total. The summed E-state index contributed by atoms with van der Waals surface area (Å²) in [6, 6.07) is 0.0199. The summed E-state index contributed by atoms with van der Waals surface area (Å²) in [6.45, 7) is 10.5. The van der Waals surface area contributed by atoms with Crippen molar-refractivity contribution in [3.05, 3.63) is 0 Å². The van der Waals surface area contributed by atoms with Crippen LogP contribution in [0.3, 0.4) is 0 Å². The normalized spacial score (nSPS) is 12.9. The Morgan fingerprint density at radius 3 is 2.39 bits per heavy atom. The van der Waals surface area contributed by atoms with Crippen LogP contribution >= 0.6 is 0 Å². The van der Waals surface area contributed by atoms with Crippen molar-refractivity contribution >= 4 is 11.9 Å². The highest BCUT2D eigenvalue weighted by molar-refractivity contribution is 5.76. The zero-order valence-corrected chi connectivity index (χ0v) is 12.1. The van der Waals surface area contributed by atoms with Crippen LogP contribution in [0.2, 0.25) is 0 Å². The largest absolute Gasteiger partial charge is 0.466 e. The van der Waals surface area contributed by atoms with Gasteiger partial charge in [-0.05, 0) is 34.6 Å². The van der Waals surface area contributed by atoms with Crippen molar-refractivity contribution < 1.29 is 14.3 Å². The Bertz CT molecular complexity index is 272. The van der Waals surface area contributed by atoms with Gasteiger partial charge in [-0.1, -0.05) is 0 Å². The Labute approximate surface area is 110 Å². The van der Waals surface area contributed by atoms with E-state index in [4.69, 9.17) is 4.74 Å². The van der Waals surface area contributed by atoms with E-state index in [0.29, 0.717) is 26.0 Å². The van der Waals surface area contributed by atoms with Crippen LogP contribution < -0.4 is 10.6 Å². The molecule has 0 aromatic rings. The van der Waals surface area contributed by atoms with Gasteiger partial charge in [-0.3, -0.25) is 9.59 Å². The first-order chi connectivity index (χ1) is 8.24. The molecule has 2 N–H and O–H groups in total. The van der Waals surface area contributed by atoms with Crippen LogP contribution in [0.15, 0.2) is 0 Å². The highest BCUT2D eigenvalue weighted by Gasteiger charge is 2.14. The van der Waals surface area contributed by atoms with E-state index < -0.39 is 0 Å². The number of amides is 1. The smallest absolute Gasteiger partial charge is 0.307 e.